The molecule has 0 radical (unpaired) electrons. The Morgan fingerprint density at radius 1 is 1.03 bits per heavy atom. The van der Waals surface area contributed by atoms with Gasteiger partial charge in [0.05, 0.1) is 17.1 Å². The molecule has 3 aromatic carbocycles. The van der Waals surface area contributed by atoms with Crippen LogP contribution in [-0.4, -0.2) is 33.7 Å². The summed E-state index contributed by atoms with van der Waals surface area (Å²) in [5, 5.41) is 4.74. The van der Waals surface area contributed by atoms with Crippen LogP contribution in [0.1, 0.15) is 17.4 Å². The number of hydrogen-bond acceptors (Lipinski definition) is 5. The molecule has 1 aliphatic heterocycles. The highest BCUT2D eigenvalue weighted by Gasteiger charge is 2.36. The summed E-state index contributed by atoms with van der Waals surface area (Å²) < 4.78 is 36.5. The van der Waals surface area contributed by atoms with Crippen LogP contribution in [0.2, 0.25) is 0 Å². The molecule has 0 saturated carbocycles. The Bertz CT molecular complexity index is 1420. The van der Waals surface area contributed by atoms with Crippen LogP contribution in [0.15, 0.2) is 71.3 Å². The summed E-state index contributed by atoms with van der Waals surface area (Å²) in [5.41, 5.74) is 15.0. The quantitative estimate of drug-likeness (QED) is 0.333. The van der Waals surface area contributed by atoms with Crippen LogP contribution in [0.3, 0.4) is 0 Å². The number of carbonyl (C=O) groups excluding carboxylic acids is 1. The lowest BCUT2D eigenvalue weighted by Gasteiger charge is -2.23. The molecule has 2 heterocycles. The van der Waals surface area contributed by atoms with Gasteiger partial charge in [0.25, 0.3) is 5.91 Å². The second kappa shape index (κ2) is 9.71. The Labute approximate surface area is 214 Å². The molecular formula is C26H22BrF2N5O2. The van der Waals surface area contributed by atoms with Gasteiger partial charge >= 0.3 is 0 Å². The number of halogens is 3. The highest BCUT2D eigenvalue weighted by molar-refractivity contribution is 9.10. The van der Waals surface area contributed by atoms with E-state index in [9.17, 15) is 13.6 Å². The zero-order valence-electron chi connectivity index (χ0n) is 19.0. The van der Waals surface area contributed by atoms with E-state index in [0.717, 1.165) is 10.2 Å². The molecule has 0 spiro atoms. The van der Waals surface area contributed by atoms with Crippen LogP contribution in [-0.2, 0) is 16.0 Å². The fourth-order valence-corrected chi connectivity index (χ4v) is 4.43. The number of aromatic nitrogens is 2. The third-order valence-corrected chi connectivity index (χ3v) is 6.59. The average Bonchev–Trinajstić information content (AvgIpc) is 3.45. The standard InChI is InChI=1S/C26H22BrF2N5O2/c27-17-3-7-19(8-4-17)34-13-20(25(32-34)15-1-5-18(28)6-2-15)26-33(24(35)14-36-26)10-9-16-11-22(30)23(31)12-21(16)29/h1-8,11-13,26H,9-10,14,30-31H2. The van der Waals surface area contributed by atoms with Gasteiger partial charge in [0, 0.05) is 28.3 Å². The van der Waals surface area contributed by atoms with Crippen molar-refractivity contribution in [3.8, 4) is 16.9 Å². The van der Waals surface area contributed by atoms with E-state index in [0.29, 0.717) is 22.4 Å². The van der Waals surface area contributed by atoms with Crippen LogP contribution < -0.4 is 11.5 Å². The maximum Gasteiger partial charge on any atom is 0.250 e. The summed E-state index contributed by atoms with van der Waals surface area (Å²) in [4.78, 5) is 14.3. The van der Waals surface area contributed by atoms with Crippen molar-refractivity contribution >= 4 is 33.2 Å². The molecule has 0 aliphatic carbocycles. The van der Waals surface area contributed by atoms with Gasteiger partial charge in [0.15, 0.2) is 6.23 Å². The number of nitrogens with zero attached hydrogens (tertiary/aromatic N) is 3. The lowest BCUT2D eigenvalue weighted by molar-refractivity contribution is -0.128. The largest absolute Gasteiger partial charge is 0.397 e. The zero-order chi connectivity index (χ0) is 25.4. The lowest BCUT2D eigenvalue weighted by atomic mass is 10.1. The molecule has 5 rings (SSSR count). The Kier molecular flexibility index (Phi) is 6.46. The van der Waals surface area contributed by atoms with Crippen molar-refractivity contribution in [3.05, 3.63) is 94.1 Å². The fraction of sp³-hybridized carbons (Fsp3) is 0.154. The number of benzene rings is 3. The number of carbonyl (C=O) groups is 1. The van der Waals surface area contributed by atoms with Crippen LogP contribution >= 0.6 is 15.9 Å². The Morgan fingerprint density at radius 3 is 2.44 bits per heavy atom. The fourth-order valence-electron chi connectivity index (χ4n) is 4.16. The van der Waals surface area contributed by atoms with E-state index >= 15 is 0 Å². The number of nitrogens with two attached hydrogens (primary N) is 2. The Morgan fingerprint density at radius 2 is 1.72 bits per heavy atom. The molecule has 1 aliphatic rings. The first-order chi connectivity index (χ1) is 17.3. The topological polar surface area (TPSA) is 99.4 Å². The summed E-state index contributed by atoms with van der Waals surface area (Å²) in [6.45, 7) is 0.0689. The minimum absolute atomic E-state index is 0.122. The highest BCUT2D eigenvalue weighted by atomic mass is 79.9. The van der Waals surface area contributed by atoms with Crippen molar-refractivity contribution in [1.82, 2.24) is 14.7 Å². The summed E-state index contributed by atoms with van der Waals surface area (Å²) in [6.07, 6.45) is 1.25. The van der Waals surface area contributed by atoms with Crippen molar-refractivity contribution in [1.29, 1.82) is 0 Å². The monoisotopic (exact) mass is 553 g/mol. The van der Waals surface area contributed by atoms with Gasteiger partial charge in [0.1, 0.15) is 23.9 Å². The van der Waals surface area contributed by atoms with E-state index in [2.05, 4.69) is 15.9 Å². The maximum atomic E-state index is 14.4. The molecule has 4 aromatic rings. The Balaban J connectivity index is 1.51. The molecule has 10 heteroatoms. The van der Waals surface area contributed by atoms with Gasteiger partial charge in [0.2, 0.25) is 0 Å². The predicted octanol–water partition coefficient (Wildman–Crippen LogP) is 4.84. The smallest absolute Gasteiger partial charge is 0.250 e. The SMILES string of the molecule is Nc1cc(F)c(CCN2C(=O)COC2c2cn(-c3ccc(Br)cc3)nc2-c2ccc(F)cc2)cc1N. The van der Waals surface area contributed by atoms with Gasteiger partial charge in [-0.3, -0.25) is 4.79 Å². The number of ether oxygens (including phenoxy) is 1. The number of rotatable bonds is 6. The van der Waals surface area contributed by atoms with Crippen molar-refractivity contribution in [3.63, 3.8) is 0 Å². The van der Waals surface area contributed by atoms with Crippen LogP contribution in [0, 0.1) is 11.6 Å². The minimum atomic E-state index is -0.754. The molecule has 36 heavy (non-hydrogen) atoms. The van der Waals surface area contributed by atoms with E-state index in [1.807, 2.05) is 24.3 Å². The summed E-state index contributed by atoms with van der Waals surface area (Å²) in [7, 11) is 0. The zero-order valence-corrected chi connectivity index (χ0v) is 20.6. The lowest BCUT2D eigenvalue weighted by Crippen LogP contribution is -2.31. The number of amides is 1. The number of anilines is 2. The third kappa shape index (κ3) is 4.69. The van der Waals surface area contributed by atoms with Crippen LogP contribution in [0.25, 0.3) is 16.9 Å². The molecule has 0 bridgehead atoms. The molecule has 1 fully saturated rings. The first-order valence-corrected chi connectivity index (χ1v) is 12.0. The molecule has 1 atom stereocenters. The van der Waals surface area contributed by atoms with Crippen molar-refractivity contribution in [2.24, 2.45) is 0 Å². The average molecular weight is 554 g/mol. The van der Waals surface area contributed by atoms with E-state index < -0.39 is 12.0 Å². The van der Waals surface area contributed by atoms with E-state index in [1.165, 1.54) is 24.3 Å². The first kappa shape index (κ1) is 24.0. The molecule has 7 nitrogen and oxygen atoms in total. The molecule has 1 aromatic heterocycles. The van der Waals surface area contributed by atoms with Gasteiger partial charge in [-0.25, -0.2) is 13.5 Å². The van der Waals surface area contributed by atoms with Crippen molar-refractivity contribution in [2.75, 3.05) is 24.6 Å². The minimum Gasteiger partial charge on any atom is -0.397 e. The second-order valence-corrected chi connectivity index (χ2v) is 9.35. The first-order valence-electron chi connectivity index (χ1n) is 11.2. The molecule has 1 unspecified atom stereocenters. The molecule has 1 saturated heterocycles. The molecule has 184 valence electrons. The van der Waals surface area contributed by atoms with E-state index in [1.54, 1.807) is 27.9 Å². The molecule has 4 N–H and O–H groups in total. The van der Waals surface area contributed by atoms with E-state index in [4.69, 9.17) is 21.3 Å². The highest BCUT2D eigenvalue weighted by Crippen LogP contribution is 2.36. The maximum absolute atomic E-state index is 14.4. The molecular weight excluding hydrogens is 532 g/mol. The normalized spacial score (nSPS) is 15.6. The van der Waals surface area contributed by atoms with E-state index in [-0.39, 0.29) is 42.7 Å². The van der Waals surface area contributed by atoms with Crippen molar-refractivity contribution in [2.45, 2.75) is 12.6 Å². The van der Waals surface area contributed by atoms with Crippen LogP contribution in [0.5, 0.6) is 0 Å². The Hall–Kier alpha value is -3.76. The van der Waals surface area contributed by atoms with Gasteiger partial charge < -0.3 is 21.1 Å². The van der Waals surface area contributed by atoms with Crippen molar-refractivity contribution < 1.29 is 18.3 Å². The number of hydrogen-bond donors (Lipinski definition) is 2. The summed E-state index contributed by atoms with van der Waals surface area (Å²) in [5.74, 6) is -1.09. The van der Waals surface area contributed by atoms with Gasteiger partial charge in [-0.15, -0.1) is 0 Å². The summed E-state index contributed by atoms with van der Waals surface area (Å²) in [6, 6.07) is 16.2. The van der Waals surface area contributed by atoms with Gasteiger partial charge in [-0.2, -0.15) is 5.10 Å². The third-order valence-electron chi connectivity index (χ3n) is 6.06. The molecule has 1 amide bonds. The summed E-state index contributed by atoms with van der Waals surface area (Å²) >= 11 is 3.43. The van der Waals surface area contributed by atoms with Crippen LogP contribution in [0.4, 0.5) is 20.2 Å². The number of nitrogen functional groups attached to an aromatic ring is 2. The van der Waals surface area contributed by atoms with Gasteiger partial charge in [-0.1, -0.05) is 15.9 Å². The second-order valence-electron chi connectivity index (χ2n) is 8.43. The predicted molar refractivity (Wildman–Crippen MR) is 136 cm³/mol. The van der Waals surface area contributed by atoms with Gasteiger partial charge in [-0.05, 0) is 72.6 Å².